The molecule has 16 heavy (non-hydrogen) atoms. The molecule has 0 radical (unpaired) electrons. The van der Waals surface area contributed by atoms with Gasteiger partial charge in [-0.2, -0.15) is 0 Å². The molecule has 2 heteroatoms. The first-order valence-corrected chi connectivity index (χ1v) is 5.81. The standard InChI is InChI=1S/C14H20O2/c1-4-7-12-11-13(15-6-3)8-9-14(12)16-10-5-2/h4,8-9,11H,1,5-7,10H2,2-3H3. The number of hydrogen-bond acceptors (Lipinski definition) is 2. The zero-order valence-electron chi connectivity index (χ0n) is 10.2. The summed E-state index contributed by atoms with van der Waals surface area (Å²) in [7, 11) is 0. The summed E-state index contributed by atoms with van der Waals surface area (Å²) in [6.07, 6.45) is 3.70. The fraction of sp³-hybridized carbons (Fsp3) is 0.429. The van der Waals surface area contributed by atoms with Crippen molar-refractivity contribution in [2.75, 3.05) is 13.2 Å². The van der Waals surface area contributed by atoms with Gasteiger partial charge < -0.3 is 9.47 Å². The first kappa shape index (κ1) is 12.6. The summed E-state index contributed by atoms with van der Waals surface area (Å²) < 4.78 is 11.1. The van der Waals surface area contributed by atoms with E-state index in [1.165, 1.54) is 0 Å². The number of ether oxygens (including phenoxy) is 2. The van der Waals surface area contributed by atoms with Crippen molar-refractivity contribution in [1.29, 1.82) is 0 Å². The molecule has 0 amide bonds. The Morgan fingerprint density at radius 3 is 2.69 bits per heavy atom. The molecule has 0 atom stereocenters. The average molecular weight is 220 g/mol. The Morgan fingerprint density at radius 2 is 2.06 bits per heavy atom. The Balaban J connectivity index is 2.84. The van der Waals surface area contributed by atoms with Crippen LogP contribution in [0.4, 0.5) is 0 Å². The molecular weight excluding hydrogens is 200 g/mol. The second-order valence-corrected chi connectivity index (χ2v) is 3.54. The van der Waals surface area contributed by atoms with Gasteiger partial charge in [-0.25, -0.2) is 0 Å². The fourth-order valence-corrected chi connectivity index (χ4v) is 1.48. The second kappa shape index (κ2) is 6.94. The molecule has 0 aliphatic rings. The van der Waals surface area contributed by atoms with E-state index in [-0.39, 0.29) is 0 Å². The lowest BCUT2D eigenvalue weighted by atomic mass is 10.1. The smallest absolute Gasteiger partial charge is 0.123 e. The summed E-state index contributed by atoms with van der Waals surface area (Å²) in [5, 5.41) is 0. The highest BCUT2D eigenvalue weighted by Gasteiger charge is 2.04. The monoisotopic (exact) mass is 220 g/mol. The highest BCUT2D eigenvalue weighted by Crippen LogP contribution is 2.25. The molecule has 0 saturated heterocycles. The SMILES string of the molecule is C=CCc1cc(OCC)ccc1OCCC. The molecule has 1 aromatic rings. The first-order chi connectivity index (χ1) is 7.81. The van der Waals surface area contributed by atoms with Crippen LogP contribution < -0.4 is 9.47 Å². The van der Waals surface area contributed by atoms with Crippen LogP contribution in [-0.4, -0.2) is 13.2 Å². The van der Waals surface area contributed by atoms with Crippen molar-refractivity contribution in [2.45, 2.75) is 26.7 Å². The van der Waals surface area contributed by atoms with Gasteiger partial charge in [0.25, 0.3) is 0 Å². The third kappa shape index (κ3) is 3.61. The Labute approximate surface area is 97.9 Å². The predicted molar refractivity (Wildman–Crippen MR) is 67.3 cm³/mol. The molecule has 0 unspecified atom stereocenters. The van der Waals surface area contributed by atoms with Crippen LogP contribution in [0.1, 0.15) is 25.8 Å². The lowest BCUT2D eigenvalue weighted by molar-refractivity contribution is 0.311. The maximum atomic E-state index is 5.67. The highest BCUT2D eigenvalue weighted by atomic mass is 16.5. The van der Waals surface area contributed by atoms with Crippen LogP contribution in [0, 0.1) is 0 Å². The molecule has 0 fully saturated rings. The van der Waals surface area contributed by atoms with Gasteiger partial charge in [-0.15, -0.1) is 6.58 Å². The maximum absolute atomic E-state index is 5.67. The Kier molecular flexibility index (Phi) is 5.48. The number of benzene rings is 1. The van der Waals surface area contributed by atoms with Gasteiger partial charge in [0.05, 0.1) is 13.2 Å². The molecule has 0 aromatic heterocycles. The van der Waals surface area contributed by atoms with Crippen LogP contribution in [0.2, 0.25) is 0 Å². The summed E-state index contributed by atoms with van der Waals surface area (Å²) in [6.45, 7) is 9.27. The zero-order chi connectivity index (χ0) is 11.8. The lowest BCUT2D eigenvalue weighted by Crippen LogP contribution is -2.00. The molecule has 0 spiro atoms. The van der Waals surface area contributed by atoms with Gasteiger partial charge in [0, 0.05) is 5.56 Å². The molecule has 0 heterocycles. The molecule has 0 aliphatic heterocycles. The molecular formula is C14H20O2. The van der Waals surface area contributed by atoms with E-state index in [2.05, 4.69) is 13.5 Å². The third-order valence-corrected chi connectivity index (χ3v) is 2.17. The Bertz CT molecular complexity index is 332. The molecule has 1 rings (SSSR count). The number of rotatable bonds is 7. The van der Waals surface area contributed by atoms with Crippen LogP contribution in [0.25, 0.3) is 0 Å². The van der Waals surface area contributed by atoms with Crippen LogP contribution >= 0.6 is 0 Å². The fourth-order valence-electron chi connectivity index (χ4n) is 1.48. The van der Waals surface area contributed by atoms with Crippen LogP contribution in [-0.2, 0) is 6.42 Å². The van der Waals surface area contributed by atoms with Crippen molar-refractivity contribution in [2.24, 2.45) is 0 Å². The van der Waals surface area contributed by atoms with E-state index < -0.39 is 0 Å². The summed E-state index contributed by atoms with van der Waals surface area (Å²) >= 11 is 0. The van der Waals surface area contributed by atoms with E-state index in [0.717, 1.165) is 36.5 Å². The highest BCUT2D eigenvalue weighted by molar-refractivity contribution is 5.41. The topological polar surface area (TPSA) is 18.5 Å². The summed E-state index contributed by atoms with van der Waals surface area (Å²) in [5.74, 6) is 1.83. The van der Waals surface area contributed by atoms with Crippen LogP contribution in [0.15, 0.2) is 30.9 Å². The van der Waals surface area contributed by atoms with Crippen molar-refractivity contribution in [1.82, 2.24) is 0 Å². The minimum absolute atomic E-state index is 0.683. The molecule has 0 N–H and O–H groups in total. The van der Waals surface area contributed by atoms with E-state index in [0.29, 0.717) is 6.61 Å². The minimum Gasteiger partial charge on any atom is -0.494 e. The molecule has 1 aromatic carbocycles. The molecule has 0 bridgehead atoms. The minimum atomic E-state index is 0.683. The predicted octanol–water partition coefficient (Wildman–Crippen LogP) is 3.60. The third-order valence-electron chi connectivity index (χ3n) is 2.17. The number of hydrogen-bond donors (Lipinski definition) is 0. The van der Waals surface area contributed by atoms with Gasteiger partial charge in [0.2, 0.25) is 0 Å². The van der Waals surface area contributed by atoms with Crippen molar-refractivity contribution in [3.05, 3.63) is 36.4 Å². The van der Waals surface area contributed by atoms with E-state index in [4.69, 9.17) is 9.47 Å². The molecule has 2 nitrogen and oxygen atoms in total. The Hall–Kier alpha value is -1.44. The van der Waals surface area contributed by atoms with Crippen molar-refractivity contribution < 1.29 is 9.47 Å². The summed E-state index contributed by atoms with van der Waals surface area (Å²) in [6, 6.07) is 5.94. The maximum Gasteiger partial charge on any atom is 0.123 e. The molecule has 0 aliphatic carbocycles. The summed E-state index contributed by atoms with van der Waals surface area (Å²) in [5.41, 5.74) is 1.13. The van der Waals surface area contributed by atoms with Crippen molar-refractivity contribution in [3.63, 3.8) is 0 Å². The van der Waals surface area contributed by atoms with Crippen LogP contribution in [0.5, 0.6) is 11.5 Å². The van der Waals surface area contributed by atoms with E-state index >= 15 is 0 Å². The zero-order valence-corrected chi connectivity index (χ0v) is 10.2. The van der Waals surface area contributed by atoms with Gasteiger partial charge in [-0.1, -0.05) is 13.0 Å². The Morgan fingerprint density at radius 1 is 1.25 bits per heavy atom. The summed E-state index contributed by atoms with van der Waals surface area (Å²) in [4.78, 5) is 0. The van der Waals surface area contributed by atoms with Gasteiger partial charge in [0.1, 0.15) is 11.5 Å². The van der Waals surface area contributed by atoms with Gasteiger partial charge in [-0.05, 0) is 38.0 Å². The van der Waals surface area contributed by atoms with Crippen LogP contribution in [0.3, 0.4) is 0 Å². The molecule has 88 valence electrons. The van der Waals surface area contributed by atoms with Crippen molar-refractivity contribution >= 4 is 0 Å². The average Bonchev–Trinajstić information content (AvgIpc) is 2.29. The second-order valence-electron chi connectivity index (χ2n) is 3.54. The van der Waals surface area contributed by atoms with Crippen molar-refractivity contribution in [3.8, 4) is 11.5 Å². The normalized spacial score (nSPS) is 9.88. The van der Waals surface area contributed by atoms with Gasteiger partial charge >= 0.3 is 0 Å². The number of allylic oxidation sites excluding steroid dienone is 1. The van der Waals surface area contributed by atoms with E-state index in [9.17, 15) is 0 Å². The largest absolute Gasteiger partial charge is 0.494 e. The quantitative estimate of drug-likeness (QED) is 0.654. The van der Waals surface area contributed by atoms with E-state index in [1.807, 2.05) is 31.2 Å². The molecule has 0 saturated carbocycles. The van der Waals surface area contributed by atoms with Gasteiger partial charge in [0.15, 0.2) is 0 Å². The van der Waals surface area contributed by atoms with Gasteiger partial charge in [-0.3, -0.25) is 0 Å². The lowest BCUT2D eigenvalue weighted by Gasteiger charge is -2.11. The first-order valence-electron chi connectivity index (χ1n) is 5.81. The van der Waals surface area contributed by atoms with E-state index in [1.54, 1.807) is 0 Å².